The largest absolute Gasteiger partial charge is 0.363 e. The molecule has 1 fully saturated rings. The smallest absolute Gasteiger partial charge is 0.227 e. The van der Waals surface area contributed by atoms with Crippen LogP contribution in [-0.2, 0) is 6.54 Å². The molecule has 3 rings (SSSR count). The highest BCUT2D eigenvalue weighted by atomic mass is 15.3. The second kappa shape index (κ2) is 7.49. The van der Waals surface area contributed by atoms with E-state index in [0.29, 0.717) is 11.6 Å². The van der Waals surface area contributed by atoms with Crippen molar-refractivity contribution in [2.45, 2.75) is 19.0 Å². The molecule has 2 aromatic rings. The van der Waals surface area contributed by atoms with Gasteiger partial charge in [-0.2, -0.15) is 10.2 Å². The fourth-order valence-electron chi connectivity index (χ4n) is 3.14. The number of rotatable bonds is 5. The Labute approximate surface area is 149 Å². The van der Waals surface area contributed by atoms with Crippen LogP contribution >= 0.6 is 0 Å². The SMILES string of the molecule is CN(C)c1ccnc(N(C)C2CCN(Cc3ccc(C#N)cc3)C2)n1. The summed E-state index contributed by atoms with van der Waals surface area (Å²) in [6.45, 7) is 2.96. The second-order valence-corrected chi connectivity index (χ2v) is 6.71. The lowest BCUT2D eigenvalue weighted by Crippen LogP contribution is -2.35. The highest BCUT2D eigenvalue weighted by Crippen LogP contribution is 2.21. The normalized spacial score (nSPS) is 17.3. The maximum Gasteiger partial charge on any atom is 0.227 e. The van der Waals surface area contributed by atoms with Crippen molar-refractivity contribution in [3.8, 4) is 6.07 Å². The van der Waals surface area contributed by atoms with Crippen LogP contribution in [0.25, 0.3) is 0 Å². The van der Waals surface area contributed by atoms with Crippen LogP contribution in [-0.4, -0.2) is 55.1 Å². The average Bonchev–Trinajstić information content (AvgIpc) is 3.10. The van der Waals surface area contributed by atoms with Crippen LogP contribution in [0.4, 0.5) is 11.8 Å². The Morgan fingerprint density at radius 1 is 1.20 bits per heavy atom. The molecule has 1 aromatic carbocycles. The summed E-state index contributed by atoms with van der Waals surface area (Å²) in [5.74, 6) is 1.70. The first-order chi connectivity index (χ1) is 12.1. The van der Waals surface area contributed by atoms with Gasteiger partial charge in [0.15, 0.2) is 0 Å². The van der Waals surface area contributed by atoms with Crippen molar-refractivity contribution >= 4 is 11.8 Å². The van der Waals surface area contributed by atoms with Gasteiger partial charge in [0.25, 0.3) is 0 Å². The molecule has 1 aromatic heterocycles. The number of nitriles is 1. The summed E-state index contributed by atoms with van der Waals surface area (Å²) in [6, 6.07) is 12.3. The van der Waals surface area contributed by atoms with E-state index in [9.17, 15) is 0 Å². The van der Waals surface area contributed by atoms with Gasteiger partial charge in [0.1, 0.15) is 5.82 Å². The maximum atomic E-state index is 8.89. The van der Waals surface area contributed by atoms with Crippen molar-refractivity contribution in [1.82, 2.24) is 14.9 Å². The van der Waals surface area contributed by atoms with Crippen molar-refractivity contribution in [2.24, 2.45) is 0 Å². The minimum absolute atomic E-state index is 0.413. The van der Waals surface area contributed by atoms with Gasteiger partial charge in [-0.15, -0.1) is 0 Å². The number of nitrogens with zero attached hydrogens (tertiary/aromatic N) is 6. The van der Waals surface area contributed by atoms with E-state index in [-0.39, 0.29) is 0 Å². The predicted molar refractivity (Wildman–Crippen MR) is 99.6 cm³/mol. The van der Waals surface area contributed by atoms with Gasteiger partial charge in [-0.1, -0.05) is 12.1 Å². The molecule has 1 aliphatic rings. The molecule has 6 nitrogen and oxygen atoms in total. The Balaban J connectivity index is 1.61. The van der Waals surface area contributed by atoms with Crippen molar-refractivity contribution < 1.29 is 0 Å². The molecule has 6 heteroatoms. The summed E-state index contributed by atoms with van der Waals surface area (Å²) >= 11 is 0. The van der Waals surface area contributed by atoms with E-state index in [4.69, 9.17) is 5.26 Å². The van der Waals surface area contributed by atoms with E-state index in [1.165, 1.54) is 5.56 Å². The molecule has 2 heterocycles. The average molecular weight is 336 g/mol. The molecule has 0 bridgehead atoms. The lowest BCUT2D eigenvalue weighted by molar-refractivity contribution is 0.325. The van der Waals surface area contributed by atoms with Crippen LogP contribution in [0.5, 0.6) is 0 Å². The first-order valence-corrected chi connectivity index (χ1v) is 8.51. The number of likely N-dealkylation sites (tertiary alicyclic amines) is 1. The minimum atomic E-state index is 0.413. The Bertz CT molecular complexity index is 749. The quantitative estimate of drug-likeness (QED) is 0.834. The zero-order valence-electron chi connectivity index (χ0n) is 15.1. The Morgan fingerprint density at radius 3 is 2.64 bits per heavy atom. The van der Waals surface area contributed by atoms with Gasteiger partial charge in [0.2, 0.25) is 5.95 Å². The topological polar surface area (TPSA) is 59.3 Å². The van der Waals surface area contributed by atoms with Crippen molar-refractivity contribution in [3.05, 3.63) is 47.7 Å². The van der Waals surface area contributed by atoms with E-state index in [1.807, 2.05) is 55.5 Å². The van der Waals surface area contributed by atoms with Gasteiger partial charge in [-0.25, -0.2) is 4.98 Å². The van der Waals surface area contributed by atoms with E-state index in [1.54, 1.807) is 0 Å². The molecule has 130 valence electrons. The third-order valence-electron chi connectivity index (χ3n) is 4.69. The summed E-state index contributed by atoms with van der Waals surface area (Å²) in [4.78, 5) is 15.7. The van der Waals surface area contributed by atoms with Crippen LogP contribution in [0, 0.1) is 11.3 Å². The molecule has 1 atom stereocenters. The molecule has 0 spiro atoms. The van der Waals surface area contributed by atoms with Gasteiger partial charge in [-0.05, 0) is 30.2 Å². The number of likely N-dealkylation sites (N-methyl/N-ethyl adjacent to an activating group) is 1. The highest BCUT2D eigenvalue weighted by molar-refractivity contribution is 5.42. The molecular weight excluding hydrogens is 312 g/mol. The van der Waals surface area contributed by atoms with Gasteiger partial charge in [0, 0.05) is 53.0 Å². The van der Waals surface area contributed by atoms with Gasteiger partial charge in [-0.3, -0.25) is 4.90 Å². The van der Waals surface area contributed by atoms with Crippen LogP contribution in [0.2, 0.25) is 0 Å². The summed E-state index contributed by atoms with van der Waals surface area (Å²) in [6.07, 6.45) is 2.92. The molecule has 1 aliphatic heterocycles. The number of hydrogen-bond donors (Lipinski definition) is 0. The molecule has 0 radical (unpaired) electrons. The van der Waals surface area contributed by atoms with Crippen molar-refractivity contribution in [2.75, 3.05) is 44.0 Å². The molecule has 0 amide bonds. The van der Waals surface area contributed by atoms with Gasteiger partial charge < -0.3 is 9.80 Å². The zero-order valence-corrected chi connectivity index (χ0v) is 15.1. The molecule has 1 saturated heterocycles. The summed E-state index contributed by atoms with van der Waals surface area (Å²) in [5.41, 5.74) is 1.95. The van der Waals surface area contributed by atoms with Gasteiger partial charge >= 0.3 is 0 Å². The highest BCUT2D eigenvalue weighted by Gasteiger charge is 2.27. The third-order valence-corrected chi connectivity index (χ3v) is 4.69. The second-order valence-electron chi connectivity index (χ2n) is 6.71. The Morgan fingerprint density at radius 2 is 1.96 bits per heavy atom. The number of aromatic nitrogens is 2. The van der Waals surface area contributed by atoms with Crippen LogP contribution < -0.4 is 9.80 Å². The van der Waals surface area contributed by atoms with Crippen LogP contribution in [0.3, 0.4) is 0 Å². The lowest BCUT2D eigenvalue weighted by Gasteiger charge is -2.25. The third kappa shape index (κ3) is 4.06. The molecule has 0 aliphatic carbocycles. The standard InChI is InChI=1S/C19H24N6/c1-23(2)18-8-10-21-19(22-18)24(3)17-9-11-25(14-17)13-16-6-4-15(12-20)5-7-16/h4-8,10,17H,9,11,13-14H2,1-3H3. The maximum absolute atomic E-state index is 8.89. The lowest BCUT2D eigenvalue weighted by atomic mass is 10.1. The first-order valence-electron chi connectivity index (χ1n) is 8.51. The molecule has 1 unspecified atom stereocenters. The zero-order chi connectivity index (χ0) is 17.8. The molecule has 0 saturated carbocycles. The Kier molecular flexibility index (Phi) is 5.15. The van der Waals surface area contributed by atoms with E-state index >= 15 is 0 Å². The predicted octanol–water partition coefficient (Wildman–Crippen LogP) is 2.12. The van der Waals surface area contributed by atoms with Crippen molar-refractivity contribution in [3.63, 3.8) is 0 Å². The van der Waals surface area contributed by atoms with E-state index < -0.39 is 0 Å². The molecule has 0 N–H and O–H groups in total. The van der Waals surface area contributed by atoms with Crippen LogP contribution in [0.15, 0.2) is 36.5 Å². The number of benzene rings is 1. The van der Waals surface area contributed by atoms with E-state index in [2.05, 4.69) is 32.9 Å². The number of hydrogen-bond acceptors (Lipinski definition) is 6. The van der Waals surface area contributed by atoms with Crippen LogP contribution in [0.1, 0.15) is 17.5 Å². The summed E-state index contributed by atoms with van der Waals surface area (Å²) in [7, 11) is 6.05. The monoisotopic (exact) mass is 336 g/mol. The summed E-state index contributed by atoms with van der Waals surface area (Å²) in [5, 5.41) is 8.89. The Hall–Kier alpha value is -2.65. The molecule has 25 heavy (non-hydrogen) atoms. The number of anilines is 2. The van der Waals surface area contributed by atoms with Crippen molar-refractivity contribution in [1.29, 1.82) is 5.26 Å². The summed E-state index contributed by atoms with van der Waals surface area (Å²) < 4.78 is 0. The minimum Gasteiger partial charge on any atom is -0.363 e. The molecular formula is C19H24N6. The van der Waals surface area contributed by atoms with E-state index in [0.717, 1.165) is 37.8 Å². The first kappa shape index (κ1) is 17.2. The fourth-order valence-corrected chi connectivity index (χ4v) is 3.14. The van der Waals surface area contributed by atoms with Gasteiger partial charge in [0.05, 0.1) is 11.6 Å². The fraction of sp³-hybridized carbons (Fsp3) is 0.421.